The molecule has 0 aromatic carbocycles. The molecule has 0 aliphatic heterocycles. The molecule has 90 valence electrons. The van der Waals surface area contributed by atoms with E-state index in [1.165, 1.54) is 0 Å². The first-order chi connectivity index (χ1) is 8.27. The monoisotopic (exact) mass is 233 g/mol. The van der Waals surface area contributed by atoms with E-state index in [0.717, 1.165) is 13.0 Å². The summed E-state index contributed by atoms with van der Waals surface area (Å²) in [7, 11) is 1.80. The van der Waals surface area contributed by atoms with Crippen LogP contribution in [-0.4, -0.2) is 31.6 Å². The molecule has 6 heteroatoms. The number of carbonyl (C=O) groups is 1. The standard InChI is InChI=1S/C11H15N5O/c1-15-7-5-13-10(15)11(17)14-3-2-6-16-8-4-12-9-16/h4-5,7-9H,2-3,6H2,1H3,(H,14,17). The maximum atomic E-state index is 11.7. The first-order valence-corrected chi connectivity index (χ1v) is 5.48. The summed E-state index contributed by atoms with van der Waals surface area (Å²) in [4.78, 5) is 19.6. The molecule has 1 amide bonds. The number of amides is 1. The summed E-state index contributed by atoms with van der Waals surface area (Å²) in [6, 6.07) is 0. The van der Waals surface area contributed by atoms with Crippen molar-refractivity contribution in [3.63, 3.8) is 0 Å². The highest BCUT2D eigenvalue weighted by atomic mass is 16.2. The highest BCUT2D eigenvalue weighted by Gasteiger charge is 2.08. The molecule has 2 heterocycles. The normalized spacial score (nSPS) is 10.4. The number of nitrogens with one attached hydrogen (secondary N) is 1. The average molecular weight is 233 g/mol. The molecule has 0 spiro atoms. The van der Waals surface area contributed by atoms with E-state index in [1.807, 2.05) is 10.8 Å². The fourth-order valence-corrected chi connectivity index (χ4v) is 1.55. The molecule has 0 saturated heterocycles. The van der Waals surface area contributed by atoms with Crippen LogP contribution in [0.15, 0.2) is 31.1 Å². The maximum Gasteiger partial charge on any atom is 0.287 e. The van der Waals surface area contributed by atoms with Crippen molar-refractivity contribution >= 4 is 5.91 Å². The van der Waals surface area contributed by atoms with Crippen LogP contribution in [0.2, 0.25) is 0 Å². The fourth-order valence-electron chi connectivity index (χ4n) is 1.55. The van der Waals surface area contributed by atoms with Crippen molar-refractivity contribution in [2.24, 2.45) is 7.05 Å². The summed E-state index contributed by atoms with van der Waals surface area (Å²) in [6.07, 6.45) is 9.64. The van der Waals surface area contributed by atoms with Gasteiger partial charge in [-0.25, -0.2) is 9.97 Å². The minimum atomic E-state index is -0.136. The van der Waals surface area contributed by atoms with Crippen molar-refractivity contribution in [1.29, 1.82) is 0 Å². The second-order valence-electron chi connectivity index (χ2n) is 3.77. The molecule has 0 saturated carbocycles. The van der Waals surface area contributed by atoms with Gasteiger partial charge >= 0.3 is 0 Å². The average Bonchev–Trinajstić information content (AvgIpc) is 2.95. The summed E-state index contributed by atoms with van der Waals surface area (Å²) in [5, 5.41) is 2.83. The van der Waals surface area contributed by atoms with Crippen molar-refractivity contribution < 1.29 is 4.79 Å². The predicted molar refractivity (Wildman–Crippen MR) is 62.4 cm³/mol. The zero-order valence-corrected chi connectivity index (χ0v) is 9.71. The number of hydrogen-bond donors (Lipinski definition) is 1. The number of hydrogen-bond acceptors (Lipinski definition) is 3. The minimum Gasteiger partial charge on any atom is -0.349 e. The Morgan fingerprint density at radius 3 is 2.94 bits per heavy atom. The van der Waals surface area contributed by atoms with Gasteiger partial charge in [0.2, 0.25) is 0 Å². The van der Waals surface area contributed by atoms with Gasteiger partial charge in [-0.1, -0.05) is 0 Å². The van der Waals surface area contributed by atoms with Crippen LogP contribution in [0.5, 0.6) is 0 Å². The van der Waals surface area contributed by atoms with Crippen LogP contribution in [-0.2, 0) is 13.6 Å². The predicted octanol–water partition coefficient (Wildman–Crippen LogP) is 0.437. The molecule has 2 rings (SSSR count). The Morgan fingerprint density at radius 1 is 1.41 bits per heavy atom. The molecule has 0 bridgehead atoms. The largest absolute Gasteiger partial charge is 0.349 e. The Hall–Kier alpha value is -2.11. The molecule has 0 aliphatic rings. The number of aryl methyl sites for hydroxylation is 2. The lowest BCUT2D eigenvalue weighted by molar-refractivity contribution is 0.0939. The van der Waals surface area contributed by atoms with Gasteiger partial charge in [-0.15, -0.1) is 0 Å². The van der Waals surface area contributed by atoms with E-state index in [1.54, 1.807) is 36.5 Å². The molecular weight excluding hydrogens is 218 g/mol. The Balaban J connectivity index is 1.72. The molecule has 0 aliphatic carbocycles. The van der Waals surface area contributed by atoms with Crippen LogP contribution in [0, 0.1) is 0 Å². The highest BCUT2D eigenvalue weighted by molar-refractivity contribution is 5.90. The van der Waals surface area contributed by atoms with Gasteiger partial charge in [0.25, 0.3) is 5.91 Å². The quantitative estimate of drug-likeness (QED) is 0.762. The van der Waals surface area contributed by atoms with E-state index in [4.69, 9.17) is 0 Å². The van der Waals surface area contributed by atoms with Gasteiger partial charge in [-0.05, 0) is 6.42 Å². The van der Waals surface area contributed by atoms with Crippen LogP contribution in [0.4, 0.5) is 0 Å². The summed E-state index contributed by atoms with van der Waals surface area (Å²) in [5.41, 5.74) is 0. The second-order valence-corrected chi connectivity index (χ2v) is 3.77. The van der Waals surface area contributed by atoms with Gasteiger partial charge in [-0.3, -0.25) is 4.79 Å². The van der Waals surface area contributed by atoms with E-state index >= 15 is 0 Å². The summed E-state index contributed by atoms with van der Waals surface area (Å²) >= 11 is 0. The van der Waals surface area contributed by atoms with Crippen molar-refractivity contribution in [1.82, 2.24) is 24.4 Å². The zero-order valence-electron chi connectivity index (χ0n) is 9.71. The summed E-state index contributed by atoms with van der Waals surface area (Å²) < 4.78 is 3.68. The van der Waals surface area contributed by atoms with Crippen molar-refractivity contribution in [3.8, 4) is 0 Å². The van der Waals surface area contributed by atoms with Crippen molar-refractivity contribution in [3.05, 3.63) is 36.9 Å². The maximum absolute atomic E-state index is 11.7. The molecule has 0 atom stereocenters. The topological polar surface area (TPSA) is 64.7 Å². The molecule has 0 radical (unpaired) electrons. The fraction of sp³-hybridized carbons (Fsp3) is 0.364. The van der Waals surface area contributed by atoms with Gasteiger partial charge in [0.15, 0.2) is 5.82 Å². The van der Waals surface area contributed by atoms with E-state index < -0.39 is 0 Å². The highest BCUT2D eigenvalue weighted by Crippen LogP contribution is 1.94. The van der Waals surface area contributed by atoms with Gasteiger partial charge in [0.1, 0.15) is 0 Å². The number of aromatic nitrogens is 4. The number of rotatable bonds is 5. The first kappa shape index (κ1) is 11.4. The number of imidazole rings is 2. The zero-order chi connectivity index (χ0) is 12.1. The third-order valence-corrected chi connectivity index (χ3v) is 2.46. The second kappa shape index (κ2) is 5.29. The van der Waals surface area contributed by atoms with E-state index in [2.05, 4.69) is 15.3 Å². The van der Waals surface area contributed by atoms with E-state index in [9.17, 15) is 4.79 Å². The van der Waals surface area contributed by atoms with Crippen LogP contribution in [0.1, 0.15) is 17.0 Å². The summed E-state index contributed by atoms with van der Waals surface area (Å²) in [6.45, 7) is 1.48. The molecule has 2 aromatic heterocycles. The molecule has 17 heavy (non-hydrogen) atoms. The molecular formula is C11H15N5O. The SMILES string of the molecule is Cn1ccnc1C(=O)NCCCn1ccnc1. The van der Waals surface area contributed by atoms with E-state index in [0.29, 0.717) is 12.4 Å². The molecule has 2 aromatic rings. The van der Waals surface area contributed by atoms with Crippen LogP contribution >= 0.6 is 0 Å². The first-order valence-electron chi connectivity index (χ1n) is 5.48. The van der Waals surface area contributed by atoms with Crippen molar-refractivity contribution in [2.75, 3.05) is 6.54 Å². The smallest absolute Gasteiger partial charge is 0.287 e. The van der Waals surface area contributed by atoms with Gasteiger partial charge < -0.3 is 14.5 Å². The Labute approximate surface area is 99.3 Å². The lowest BCUT2D eigenvalue weighted by atomic mass is 10.4. The minimum absolute atomic E-state index is 0.136. The molecule has 1 N–H and O–H groups in total. The van der Waals surface area contributed by atoms with E-state index in [-0.39, 0.29) is 5.91 Å². The number of carbonyl (C=O) groups excluding carboxylic acids is 1. The summed E-state index contributed by atoms with van der Waals surface area (Å²) in [5.74, 6) is 0.302. The van der Waals surface area contributed by atoms with Gasteiger partial charge in [0, 0.05) is 44.9 Å². The lowest BCUT2D eigenvalue weighted by Gasteiger charge is -2.05. The Bertz CT molecular complexity index is 474. The Kier molecular flexibility index (Phi) is 3.54. The third kappa shape index (κ3) is 2.93. The van der Waals surface area contributed by atoms with Gasteiger partial charge in [0.05, 0.1) is 6.33 Å². The number of nitrogens with zero attached hydrogens (tertiary/aromatic N) is 4. The lowest BCUT2D eigenvalue weighted by Crippen LogP contribution is -2.27. The Morgan fingerprint density at radius 2 is 2.29 bits per heavy atom. The van der Waals surface area contributed by atoms with Crippen molar-refractivity contribution in [2.45, 2.75) is 13.0 Å². The molecule has 0 unspecified atom stereocenters. The molecule has 0 fully saturated rings. The van der Waals surface area contributed by atoms with Crippen LogP contribution in [0.25, 0.3) is 0 Å². The van der Waals surface area contributed by atoms with Gasteiger partial charge in [-0.2, -0.15) is 0 Å². The van der Waals surface area contributed by atoms with Crippen LogP contribution in [0.3, 0.4) is 0 Å². The molecule has 6 nitrogen and oxygen atoms in total. The van der Waals surface area contributed by atoms with Crippen LogP contribution < -0.4 is 5.32 Å². The third-order valence-electron chi connectivity index (χ3n) is 2.46.